The molecule has 0 amide bonds. The molecule has 0 spiro atoms. The average molecular weight is 395 g/mol. The monoisotopic (exact) mass is 394 g/mol. The quantitative estimate of drug-likeness (QED) is 0.564. The van der Waals surface area contributed by atoms with Crippen LogP contribution in [-0.4, -0.2) is 22.2 Å². The van der Waals surface area contributed by atoms with E-state index in [-0.39, 0.29) is 39.5 Å². The number of rotatable bonds is 4. The topological polar surface area (TPSA) is 74.6 Å². The van der Waals surface area contributed by atoms with Gasteiger partial charge in [0.25, 0.3) is 0 Å². The number of carboxylic acids is 2. The standard InChI is InChI=1S/C10H15.2C4H8O2.ClH.Ti/c1-7-6-10(4,5)9(3)8(7)2;2*1-2-3-4(5)6;;/h1-5H3;2*2-3H2,1H3,(H,5,6);1H;/q-1;;;;/p-1. The number of hydrogen-bond donors (Lipinski definition) is 2. The summed E-state index contributed by atoms with van der Waals surface area (Å²) in [5.41, 5.74) is 4.39. The zero-order chi connectivity index (χ0) is 17.9. The van der Waals surface area contributed by atoms with E-state index in [2.05, 4.69) is 40.7 Å². The molecule has 0 fully saturated rings. The molecule has 24 heavy (non-hydrogen) atoms. The molecule has 0 aromatic carbocycles. The zero-order valence-electron chi connectivity index (χ0n) is 15.9. The van der Waals surface area contributed by atoms with Crippen molar-refractivity contribution in [3.8, 4) is 0 Å². The minimum atomic E-state index is -0.711. The molecule has 0 unspecified atom stereocenters. The number of allylic oxidation sites excluding steroid dienone is 4. The zero-order valence-corrected chi connectivity index (χ0v) is 18.2. The average Bonchev–Trinajstić information content (AvgIpc) is 2.53. The molecule has 0 atom stereocenters. The second-order valence-electron chi connectivity index (χ2n) is 5.91. The molecular weight excluding hydrogens is 364 g/mol. The van der Waals surface area contributed by atoms with Gasteiger partial charge >= 0.3 is 11.9 Å². The SMILES string of the molecule is CC1=[C-]C(C)(C)C(C)=C1C.CCCC(=O)O.CCCC(=O)O.[Cl-].[Ti]. The maximum Gasteiger partial charge on any atom is 0.303 e. The number of halogens is 1. The minimum absolute atomic E-state index is 0. The molecule has 1 aliphatic rings. The maximum atomic E-state index is 9.60. The van der Waals surface area contributed by atoms with Crippen LogP contribution in [0, 0.1) is 11.5 Å². The van der Waals surface area contributed by atoms with Gasteiger partial charge in [0.2, 0.25) is 0 Å². The fourth-order valence-corrected chi connectivity index (χ4v) is 1.83. The van der Waals surface area contributed by atoms with Crippen LogP contribution in [0.1, 0.15) is 74.1 Å². The first-order valence-corrected chi connectivity index (χ1v) is 7.73. The van der Waals surface area contributed by atoms with Crippen LogP contribution in [0.4, 0.5) is 0 Å². The van der Waals surface area contributed by atoms with E-state index < -0.39 is 11.9 Å². The molecule has 0 aromatic heterocycles. The molecule has 0 saturated heterocycles. The Labute approximate surface area is 168 Å². The Morgan fingerprint density at radius 3 is 1.33 bits per heavy atom. The molecule has 0 aliphatic heterocycles. The van der Waals surface area contributed by atoms with Crippen LogP contribution in [0.5, 0.6) is 0 Å². The van der Waals surface area contributed by atoms with Crippen LogP contribution in [0.25, 0.3) is 0 Å². The van der Waals surface area contributed by atoms with E-state index in [9.17, 15) is 9.59 Å². The van der Waals surface area contributed by atoms with Crippen molar-refractivity contribution >= 4 is 11.9 Å². The molecule has 0 bridgehead atoms. The van der Waals surface area contributed by atoms with Crippen molar-refractivity contribution in [2.75, 3.05) is 0 Å². The number of carbonyl (C=O) groups is 2. The van der Waals surface area contributed by atoms with Gasteiger partial charge in [-0.1, -0.05) is 47.0 Å². The second-order valence-corrected chi connectivity index (χ2v) is 5.91. The van der Waals surface area contributed by atoms with Gasteiger partial charge in [-0.25, -0.2) is 5.57 Å². The van der Waals surface area contributed by atoms with Gasteiger partial charge < -0.3 is 22.6 Å². The van der Waals surface area contributed by atoms with Crippen LogP contribution in [0.2, 0.25) is 0 Å². The van der Waals surface area contributed by atoms with Crippen molar-refractivity contribution in [3.63, 3.8) is 0 Å². The van der Waals surface area contributed by atoms with E-state index in [1.165, 1.54) is 16.7 Å². The summed E-state index contributed by atoms with van der Waals surface area (Å²) in [7, 11) is 0. The van der Waals surface area contributed by atoms with E-state index in [1.54, 1.807) is 0 Å². The summed E-state index contributed by atoms with van der Waals surface area (Å²) in [6.07, 6.45) is 5.48. The van der Waals surface area contributed by atoms with E-state index in [0.717, 1.165) is 12.8 Å². The van der Waals surface area contributed by atoms with Crippen LogP contribution < -0.4 is 12.4 Å². The van der Waals surface area contributed by atoms with Crippen molar-refractivity contribution in [2.45, 2.75) is 74.1 Å². The normalized spacial score (nSPS) is 13.9. The summed E-state index contributed by atoms with van der Waals surface area (Å²) in [6, 6.07) is 0. The van der Waals surface area contributed by atoms with E-state index >= 15 is 0 Å². The number of hydrogen-bond acceptors (Lipinski definition) is 2. The Hall–Kier alpha value is -0.576. The third-order valence-corrected chi connectivity index (χ3v) is 3.49. The molecule has 0 aromatic rings. The predicted molar refractivity (Wildman–Crippen MR) is 89.7 cm³/mol. The largest absolute Gasteiger partial charge is 1.00 e. The summed E-state index contributed by atoms with van der Waals surface area (Å²) in [6.45, 7) is 14.6. The first kappa shape index (κ1) is 31.2. The van der Waals surface area contributed by atoms with E-state index in [0.29, 0.717) is 12.8 Å². The van der Waals surface area contributed by atoms with Gasteiger partial charge in [0, 0.05) is 34.6 Å². The van der Waals surface area contributed by atoms with Gasteiger partial charge in [-0.2, -0.15) is 11.1 Å². The second kappa shape index (κ2) is 15.9. The molecular formula is C18H31ClO4Ti-2. The minimum Gasteiger partial charge on any atom is -1.00 e. The Bertz CT molecular complexity index is 424. The summed E-state index contributed by atoms with van der Waals surface area (Å²) in [5.74, 6) is -1.42. The molecule has 2 N–H and O–H groups in total. The third kappa shape index (κ3) is 15.0. The predicted octanol–water partition coefficient (Wildman–Crippen LogP) is 1.86. The Balaban J connectivity index is -0.000000127. The maximum absolute atomic E-state index is 9.60. The van der Waals surface area contributed by atoms with Crippen LogP contribution in [0.3, 0.4) is 0 Å². The molecule has 4 nitrogen and oxygen atoms in total. The fraction of sp³-hybridized carbons (Fsp3) is 0.667. The molecule has 1 aliphatic carbocycles. The molecule has 0 radical (unpaired) electrons. The number of carboxylic acid groups (broad SMARTS) is 2. The van der Waals surface area contributed by atoms with Gasteiger partial charge in [-0.05, 0) is 12.8 Å². The Kier molecular flexibility index (Phi) is 20.7. The van der Waals surface area contributed by atoms with Crippen molar-refractivity contribution in [3.05, 3.63) is 22.8 Å². The third-order valence-electron chi connectivity index (χ3n) is 3.49. The molecule has 0 saturated carbocycles. The number of aliphatic carboxylic acids is 2. The summed E-state index contributed by atoms with van der Waals surface area (Å²) < 4.78 is 0. The van der Waals surface area contributed by atoms with Crippen LogP contribution in [0.15, 0.2) is 16.7 Å². The van der Waals surface area contributed by atoms with Crippen molar-refractivity contribution in [1.29, 1.82) is 0 Å². The summed E-state index contributed by atoms with van der Waals surface area (Å²) in [4.78, 5) is 19.2. The van der Waals surface area contributed by atoms with Crippen molar-refractivity contribution < 1.29 is 53.9 Å². The van der Waals surface area contributed by atoms with Gasteiger partial charge in [-0.15, -0.1) is 6.92 Å². The first-order valence-electron chi connectivity index (χ1n) is 7.73. The summed E-state index contributed by atoms with van der Waals surface area (Å²) >= 11 is 0. The van der Waals surface area contributed by atoms with Crippen LogP contribution >= 0.6 is 0 Å². The van der Waals surface area contributed by atoms with Crippen molar-refractivity contribution in [1.82, 2.24) is 0 Å². The first-order chi connectivity index (χ1) is 9.99. The van der Waals surface area contributed by atoms with Gasteiger partial charge in [0.05, 0.1) is 0 Å². The van der Waals surface area contributed by atoms with Crippen molar-refractivity contribution in [2.24, 2.45) is 5.41 Å². The fourth-order valence-electron chi connectivity index (χ4n) is 1.83. The smallest absolute Gasteiger partial charge is 0.303 e. The molecule has 1 rings (SSSR count). The van der Waals surface area contributed by atoms with Gasteiger partial charge in [0.15, 0.2) is 0 Å². The van der Waals surface area contributed by atoms with Gasteiger partial charge in [0.1, 0.15) is 0 Å². The Morgan fingerprint density at radius 1 is 0.958 bits per heavy atom. The van der Waals surface area contributed by atoms with E-state index in [4.69, 9.17) is 10.2 Å². The van der Waals surface area contributed by atoms with Crippen LogP contribution in [-0.2, 0) is 31.3 Å². The molecule has 6 heteroatoms. The molecule has 140 valence electrons. The Morgan fingerprint density at radius 2 is 1.29 bits per heavy atom. The van der Waals surface area contributed by atoms with Gasteiger partial charge in [-0.3, -0.25) is 15.7 Å². The molecule has 0 heterocycles. The van der Waals surface area contributed by atoms with E-state index in [1.807, 2.05) is 13.8 Å². The summed E-state index contributed by atoms with van der Waals surface area (Å²) in [5, 5.41) is 15.8.